The third-order valence-electron chi connectivity index (χ3n) is 5.06. The summed E-state index contributed by atoms with van der Waals surface area (Å²) in [5.74, 6) is -0.222. The minimum atomic E-state index is -0.222. The Hall–Kier alpha value is -3.41. The quantitative estimate of drug-likeness (QED) is 0.659. The standard InChI is InChI=1S/C23H25N5O/c29-23(27-19-6-8-21(9-7-19)28-13-2-1-3-14-28)22-15-20(10-12-25-22)26-17-18-5-4-11-24-16-18/h4-12,15-16H,1-3,13-14,17H2,(H,25,26)(H,27,29). The Labute approximate surface area is 171 Å². The Morgan fingerprint density at radius 2 is 1.79 bits per heavy atom. The van der Waals surface area contributed by atoms with Gasteiger partial charge in [0.25, 0.3) is 5.91 Å². The number of carbonyl (C=O) groups is 1. The van der Waals surface area contributed by atoms with E-state index in [1.807, 2.05) is 36.5 Å². The molecular weight excluding hydrogens is 362 g/mol. The monoisotopic (exact) mass is 387 g/mol. The number of nitrogens with zero attached hydrogens (tertiary/aromatic N) is 3. The highest BCUT2D eigenvalue weighted by atomic mass is 16.1. The second kappa shape index (κ2) is 9.19. The Bertz CT molecular complexity index is 937. The molecule has 0 unspecified atom stereocenters. The van der Waals surface area contributed by atoms with Gasteiger partial charge in [-0.2, -0.15) is 0 Å². The third-order valence-corrected chi connectivity index (χ3v) is 5.06. The van der Waals surface area contributed by atoms with Crippen LogP contribution >= 0.6 is 0 Å². The zero-order valence-corrected chi connectivity index (χ0v) is 16.3. The molecule has 6 heteroatoms. The largest absolute Gasteiger partial charge is 0.381 e. The van der Waals surface area contributed by atoms with Gasteiger partial charge in [-0.25, -0.2) is 0 Å². The van der Waals surface area contributed by atoms with Crippen molar-refractivity contribution in [1.29, 1.82) is 0 Å². The van der Waals surface area contributed by atoms with Crippen molar-refractivity contribution in [2.45, 2.75) is 25.8 Å². The number of rotatable bonds is 6. The lowest BCUT2D eigenvalue weighted by Crippen LogP contribution is -2.29. The van der Waals surface area contributed by atoms with Gasteiger partial charge >= 0.3 is 0 Å². The van der Waals surface area contributed by atoms with Gasteiger partial charge in [-0.05, 0) is 67.3 Å². The predicted octanol–water partition coefficient (Wildman–Crippen LogP) is 4.33. The number of benzene rings is 1. The predicted molar refractivity (Wildman–Crippen MR) is 116 cm³/mol. The minimum absolute atomic E-state index is 0.222. The fourth-order valence-corrected chi connectivity index (χ4v) is 3.47. The van der Waals surface area contributed by atoms with Crippen LogP contribution in [0.3, 0.4) is 0 Å². The highest BCUT2D eigenvalue weighted by Gasteiger charge is 2.12. The number of nitrogens with one attached hydrogen (secondary N) is 2. The van der Waals surface area contributed by atoms with E-state index in [2.05, 4.69) is 37.6 Å². The second-order valence-corrected chi connectivity index (χ2v) is 7.19. The molecule has 4 rings (SSSR count). The number of hydrogen-bond acceptors (Lipinski definition) is 5. The van der Waals surface area contributed by atoms with Crippen molar-refractivity contribution in [1.82, 2.24) is 9.97 Å². The lowest BCUT2D eigenvalue weighted by molar-refractivity contribution is 0.102. The summed E-state index contributed by atoms with van der Waals surface area (Å²) in [7, 11) is 0. The molecule has 6 nitrogen and oxygen atoms in total. The molecule has 0 bridgehead atoms. The number of anilines is 3. The van der Waals surface area contributed by atoms with Crippen LogP contribution in [0.25, 0.3) is 0 Å². The van der Waals surface area contributed by atoms with Crippen LogP contribution in [-0.2, 0) is 6.54 Å². The summed E-state index contributed by atoms with van der Waals surface area (Å²) in [6.07, 6.45) is 9.01. The summed E-state index contributed by atoms with van der Waals surface area (Å²) in [5.41, 5.74) is 4.27. The van der Waals surface area contributed by atoms with Gasteiger partial charge in [0.2, 0.25) is 0 Å². The van der Waals surface area contributed by atoms with Crippen LogP contribution in [0, 0.1) is 0 Å². The van der Waals surface area contributed by atoms with Gasteiger partial charge in [0.15, 0.2) is 0 Å². The molecule has 1 aliphatic rings. The lowest BCUT2D eigenvalue weighted by atomic mass is 10.1. The van der Waals surface area contributed by atoms with Gasteiger partial charge < -0.3 is 15.5 Å². The molecule has 1 amide bonds. The van der Waals surface area contributed by atoms with E-state index in [4.69, 9.17) is 0 Å². The molecule has 2 aromatic heterocycles. The van der Waals surface area contributed by atoms with E-state index in [0.717, 1.165) is 30.0 Å². The second-order valence-electron chi connectivity index (χ2n) is 7.19. The molecule has 3 aromatic rings. The highest BCUT2D eigenvalue weighted by Crippen LogP contribution is 2.22. The summed E-state index contributed by atoms with van der Waals surface area (Å²) >= 11 is 0. The van der Waals surface area contributed by atoms with E-state index in [1.54, 1.807) is 18.5 Å². The van der Waals surface area contributed by atoms with Crippen molar-refractivity contribution in [3.63, 3.8) is 0 Å². The van der Waals surface area contributed by atoms with Gasteiger partial charge in [0.1, 0.15) is 5.69 Å². The van der Waals surface area contributed by atoms with Crippen LogP contribution in [0.2, 0.25) is 0 Å². The molecule has 0 radical (unpaired) electrons. The molecular formula is C23H25N5O. The maximum atomic E-state index is 12.6. The molecule has 0 spiro atoms. The minimum Gasteiger partial charge on any atom is -0.381 e. The van der Waals surface area contributed by atoms with Crippen LogP contribution in [0.5, 0.6) is 0 Å². The van der Waals surface area contributed by atoms with Gasteiger partial charge in [0.05, 0.1) is 0 Å². The average molecular weight is 387 g/mol. The molecule has 1 saturated heterocycles. The van der Waals surface area contributed by atoms with Crippen molar-refractivity contribution >= 4 is 23.0 Å². The van der Waals surface area contributed by atoms with E-state index in [9.17, 15) is 4.79 Å². The first-order valence-electron chi connectivity index (χ1n) is 10.0. The molecule has 29 heavy (non-hydrogen) atoms. The summed E-state index contributed by atoms with van der Waals surface area (Å²) < 4.78 is 0. The van der Waals surface area contributed by atoms with Gasteiger partial charge in [0, 0.05) is 55.3 Å². The average Bonchev–Trinajstić information content (AvgIpc) is 2.80. The SMILES string of the molecule is O=C(Nc1ccc(N2CCCCC2)cc1)c1cc(NCc2cccnc2)ccn1. The van der Waals surface area contributed by atoms with Crippen molar-refractivity contribution in [2.24, 2.45) is 0 Å². The fourth-order valence-electron chi connectivity index (χ4n) is 3.47. The molecule has 1 aromatic carbocycles. The van der Waals surface area contributed by atoms with Crippen LogP contribution < -0.4 is 15.5 Å². The van der Waals surface area contributed by atoms with E-state index in [1.165, 1.54) is 24.9 Å². The molecule has 2 N–H and O–H groups in total. The Morgan fingerprint density at radius 3 is 2.55 bits per heavy atom. The summed E-state index contributed by atoms with van der Waals surface area (Å²) in [4.78, 5) is 23.3. The Kier molecular flexibility index (Phi) is 6.00. The van der Waals surface area contributed by atoms with Gasteiger partial charge in [-0.15, -0.1) is 0 Å². The molecule has 3 heterocycles. The van der Waals surface area contributed by atoms with E-state index < -0.39 is 0 Å². The molecule has 0 atom stereocenters. The smallest absolute Gasteiger partial charge is 0.274 e. The number of amides is 1. The molecule has 0 aliphatic carbocycles. The number of hydrogen-bond donors (Lipinski definition) is 2. The Balaban J connectivity index is 1.36. The van der Waals surface area contributed by atoms with E-state index in [-0.39, 0.29) is 5.91 Å². The normalized spacial score (nSPS) is 13.7. The first kappa shape index (κ1) is 18.9. The van der Waals surface area contributed by atoms with Crippen molar-refractivity contribution in [3.05, 3.63) is 78.4 Å². The zero-order valence-electron chi connectivity index (χ0n) is 16.3. The lowest BCUT2D eigenvalue weighted by Gasteiger charge is -2.28. The first-order chi connectivity index (χ1) is 14.3. The molecule has 1 fully saturated rings. The summed E-state index contributed by atoms with van der Waals surface area (Å²) in [6, 6.07) is 15.6. The van der Waals surface area contributed by atoms with Crippen LogP contribution in [0.1, 0.15) is 35.3 Å². The van der Waals surface area contributed by atoms with Crippen LogP contribution in [0.4, 0.5) is 17.1 Å². The number of pyridine rings is 2. The zero-order chi connectivity index (χ0) is 19.9. The first-order valence-corrected chi connectivity index (χ1v) is 10.0. The third kappa shape index (κ3) is 5.10. The maximum Gasteiger partial charge on any atom is 0.274 e. The van der Waals surface area contributed by atoms with Gasteiger partial charge in [-0.3, -0.25) is 14.8 Å². The number of aromatic nitrogens is 2. The summed E-state index contributed by atoms with van der Waals surface area (Å²) in [5, 5.41) is 6.23. The van der Waals surface area contributed by atoms with E-state index >= 15 is 0 Å². The van der Waals surface area contributed by atoms with Gasteiger partial charge in [-0.1, -0.05) is 6.07 Å². The van der Waals surface area contributed by atoms with Crippen molar-refractivity contribution in [2.75, 3.05) is 28.6 Å². The van der Waals surface area contributed by atoms with Crippen molar-refractivity contribution < 1.29 is 4.79 Å². The number of piperidine rings is 1. The molecule has 148 valence electrons. The number of carbonyl (C=O) groups excluding carboxylic acids is 1. The topological polar surface area (TPSA) is 70.2 Å². The van der Waals surface area contributed by atoms with Crippen molar-refractivity contribution in [3.8, 4) is 0 Å². The Morgan fingerprint density at radius 1 is 0.966 bits per heavy atom. The molecule has 0 saturated carbocycles. The van der Waals surface area contributed by atoms with Crippen LogP contribution in [0.15, 0.2) is 67.1 Å². The maximum absolute atomic E-state index is 12.6. The fraction of sp³-hybridized carbons (Fsp3) is 0.261. The summed E-state index contributed by atoms with van der Waals surface area (Å²) in [6.45, 7) is 2.85. The van der Waals surface area contributed by atoms with Crippen LogP contribution in [-0.4, -0.2) is 29.0 Å². The highest BCUT2D eigenvalue weighted by molar-refractivity contribution is 6.03. The van der Waals surface area contributed by atoms with E-state index in [0.29, 0.717) is 12.2 Å². The molecule has 1 aliphatic heterocycles.